The van der Waals surface area contributed by atoms with Gasteiger partial charge in [0.15, 0.2) is 5.82 Å². The minimum absolute atomic E-state index is 0.369. The quantitative estimate of drug-likeness (QED) is 0.159. The van der Waals surface area contributed by atoms with Gasteiger partial charge >= 0.3 is 0 Å². The minimum atomic E-state index is 0.369. The molecule has 12 aromatic rings. The molecule has 3 heterocycles. The van der Waals surface area contributed by atoms with E-state index in [9.17, 15) is 15.8 Å². The van der Waals surface area contributed by atoms with Crippen molar-refractivity contribution in [2.24, 2.45) is 0 Å². The molecule has 0 atom stereocenters. The number of nitriles is 3. The molecule has 0 bridgehead atoms. The summed E-state index contributed by atoms with van der Waals surface area (Å²) in [5, 5.41) is 34.4. The van der Waals surface area contributed by atoms with Crippen LogP contribution in [0.3, 0.4) is 0 Å². The lowest BCUT2D eigenvalue weighted by molar-refractivity contribution is 1.16. The van der Waals surface area contributed by atoms with Crippen LogP contribution in [0.2, 0.25) is 0 Å². The van der Waals surface area contributed by atoms with E-state index >= 15 is 0 Å². The maximum Gasteiger partial charge on any atom is 0.160 e. The molecule has 314 valence electrons. The fourth-order valence-electron chi connectivity index (χ4n) is 9.72. The Morgan fingerprint density at radius 1 is 0.309 bits per heavy atom. The second-order valence-electron chi connectivity index (χ2n) is 16.7. The highest BCUT2D eigenvalue weighted by Gasteiger charge is 2.22. The van der Waals surface area contributed by atoms with E-state index in [1.807, 2.05) is 60.7 Å². The van der Waals surface area contributed by atoms with E-state index in [2.05, 4.69) is 161 Å². The molecule has 0 saturated heterocycles. The van der Waals surface area contributed by atoms with Crippen LogP contribution >= 0.6 is 0 Å². The summed E-state index contributed by atoms with van der Waals surface area (Å²) >= 11 is 0. The van der Waals surface area contributed by atoms with Gasteiger partial charge < -0.3 is 9.13 Å². The van der Waals surface area contributed by atoms with E-state index < -0.39 is 0 Å². The molecule has 0 aliphatic heterocycles. The highest BCUT2D eigenvalue weighted by molar-refractivity contribution is 6.12. The van der Waals surface area contributed by atoms with E-state index in [4.69, 9.17) is 9.97 Å². The monoisotopic (exact) mass is 865 g/mol. The third-order valence-corrected chi connectivity index (χ3v) is 12.8. The first-order valence-electron chi connectivity index (χ1n) is 22.2. The second-order valence-corrected chi connectivity index (χ2v) is 16.7. The second kappa shape index (κ2) is 16.3. The van der Waals surface area contributed by atoms with Gasteiger partial charge in [-0.25, -0.2) is 9.97 Å². The Labute approximate surface area is 391 Å². The predicted molar refractivity (Wildman–Crippen MR) is 272 cm³/mol. The standard InChI is InChI=1S/C61H35N7/c62-36-39-23-26-58(50(32-39)46-30-40(37-63)29-41(31-46)38-64)68-57-22-12-9-19-49(57)52-33-44(24-27-60(52)68)51-34-45(25-28-59(51)67-55-20-10-7-17-47(55)48-18-8-11-21-56(48)67)61-65-53(42-13-3-1-4-14-42)35-54(66-61)43-15-5-2-6-16-43/h1-35H. The van der Waals surface area contributed by atoms with Gasteiger partial charge in [0.1, 0.15) is 0 Å². The molecule has 0 saturated carbocycles. The van der Waals surface area contributed by atoms with Crippen LogP contribution in [-0.4, -0.2) is 19.1 Å². The van der Waals surface area contributed by atoms with Crippen molar-refractivity contribution in [3.8, 4) is 85.7 Å². The van der Waals surface area contributed by atoms with Crippen molar-refractivity contribution in [3.63, 3.8) is 0 Å². The molecule has 0 amide bonds. The Hall–Kier alpha value is -9.87. The van der Waals surface area contributed by atoms with Gasteiger partial charge in [0.25, 0.3) is 0 Å². The lowest BCUT2D eigenvalue weighted by Gasteiger charge is -2.17. The Bertz CT molecular complexity index is 3980. The number of para-hydroxylation sites is 3. The molecule has 0 unspecified atom stereocenters. The highest BCUT2D eigenvalue weighted by atomic mass is 15.0. The minimum Gasteiger partial charge on any atom is -0.309 e. The van der Waals surface area contributed by atoms with Crippen molar-refractivity contribution < 1.29 is 0 Å². The smallest absolute Gasteiger partial charge is 0.160 e. The molecule has 0 N–H and O–H groups in total. The van der Waals surface area contributed by atoms with Gasteiger partial charge in [0, 0.05) is 49.4 Å². The molecule has 0 aliphatic carbocycles. The Balaban J connectivity index is 1.12. The van der Waals surface area contributed by atoms with E-state index in [1.165, 1.54) is 10.8 Å². The van der Waals surface area contributed by atoms with Crippen molar-refractivity contribution in [1.29, 1.82) is 15.8 Å². The fraction of sp³-hybridized carbons (Fsp3) is 0. The van der Waals surface area contributed by atoms with Crippen molar-refractivity contribution in [2.75, 3.05) is 0 Å². The SMILES string of the molecule is N#Cc1cc(C#N)cc(-c2cc(C#N)ccc2-n2c3ccccc3c3cc(-c4cc(-c5nc(-c6ccccc6)cc(-c6ccccc6)n5)ccc4-n4c5ccccc5c5ccccc54)ccc32)c1. The Kier molecular flexibility index (Phi) is 9.51. The largest absolute Gasteiger partial charge is 0.309 e. The van der Waals surface area contributed by atoms with Crippen molar-refractivity contribution >= 4 is 43.6 Å². The summed E-state index contributed by atoms with van der Waals surface area (Å²) in [6, 6.07) is 78.6. The molecule has 68 heavy (non-hydrogen) atoms. The number of fused-ring (bicyclic) bond motifs is 6. The summed E-state index contributed by atoms with van der Waals surface area (Å²) < 4.78 is 4.58. The van der Waals surface area contributed by atoms with Gasteiger partial charge in [-0.3, -0.25) is 0 Å². The van der Waals surface area contributed by atoms with Gasteiger partial charge in [-0.05, 0) is 102 Å². The van der Waals surface area contributed by atoms with Gasteiger partial charge in [0.05, 0.1) is 79.7 Å². The summed E-state index contributed by atoms with van der Waals surface area (Å²) in [6.07, 6.45) is 0. The van der Waals surface area contributed by atoms with Crippen LogP contribution in [0.15, 0.2) is 212 Å². The molecular weight excluding hydrogens is 831 g/mol. The van der Waals surface area contributed by atoms with E-state index in [1.54, 1.807) is 18.2 Å². The summed E-state index contributed by atoms with van der Waals surface area (Å²) in [4.78, 5) is 10.5. The molecule has 3 aromatic heterocycles. The maximum atomic E-state index is 10.1. The Morgan fingerprint density at radius 2 is 0.765 bits per heavy atom. The van der Waals surface area contributed by atoms with E-state index in [0.29, 0.717) is 28.1 Å². The summed E-state index contributed by atoms with van der Waals surface area (Å²) in [5.41, 5.74) is 15.1. The number of hydrogen-bond acceptors (Lipinski definition) is 5. The molecule has 7 nitrogen and oxygen atoms in total. The lowest BCUT2D eigenvalue weighted by Crippen LogP contribution is -2.00. The van der Waals surface area contributed by atoms with Gasteiger partial charge in [0.2, 0.25) is 0 Å². The van der Waals surface area contributed by atoms with Crippen LogP contribution in [0.1, 0.15) is 16.7 Å². The third kappa shape index (κ3) is 6.65. The zero-order valence-corrected chi connectivity index (χ0v) is 36.3. The summed E-state index contributed by atoms with van der Waals surface area (Å²) in [6.45, 7) is 0. The van der Waals surface area contributed by atoms with Crippen molar-refractivity contribution in [1.82, 2.24) is 19.1 Å². The first kappa shape index (κ1) is 39.7. The van der Waals surface area contributed by atoms with Crippen LogP contribution < -0.4 is 0 Å². The molecular formula is C61H35N7. The Morgan fingerprint density at radius 3 is 1.31 bits per heavy atom. The topological polar surface area (TPSA) is 107 Å². The maximum absolute atomic E-state index is 10.1. The van der Waals surface area contributed by atoms with Gasteiger partial charge in [-0.15, -0.1) is 0 Å². The number of hydrogen-bond donors (Lipinski definition) is 0. The fourth-order valence-corrected chi connectivity index (χ4v) is 9.72. The van der Waals surface area contributed by atoms with Crippen LogP contribution in [0.25, 0.3) is 111 Å². The van der Waals surface area contributed by atoms with Crippen LogP contribution in [0.5, 0.6) is 0 Å². The molecule has 12 rings (SSSR count). The first-order valence-corrected chi connectivity index (χ1v) is 22.2. The summed E-state index contributed by atoms with van der Waals surface area (Å²) in [7, 11) is 0. The molecule has 0 radical (unpaired) electrons. The normalized spacial score (nSPS) is 11.2. The highest BCUT2D eigenvalue weighted by Crippen LogP contribution is 2.42. The van der Waals surface area contributed by atoms with Gasteiger partial charge in [-0.2, -0.15) is 15.8 Å². The zero-order valence-electron chi connectivity index (χ0n) is 36.3. The molecule has 0 fully saturated rings. The van der Waals surface area contributed by atoms with Gasteiger partial charge in [-0.1, -0.05) is 121 Å². The molecule has 7 heteroatoms. The summed E-state index contributed by atoms with van der Waals surface area (Å²) in [5.74, 6) is 0.617. The molecule has 0 spiro atoms. The van der Waals surface area contributed by atoms with E-state index in [0.717, 1.165) is 89.0 Å². The number of nitrogens with zero attached hydrogens (tertiary/aromatic N) is 7. The van der Waals surface area contributed by atoms with Crippen LogP contribution in [0, 0.1) is 34.0 Å². The molecule has 0 aliphatic rings. The number of rotatable bonds is 7. The van der Waals surface area contributed by atoms with Crippen LogP contribution in [-0.2, 0) is 0 Å². The number of benzene rings is 9. The van der Waals surface area contributed by atoms with E-state index in [-0.39, 0.29) is 0 Å². The lowest BCUT2D eigenvalue weighted by atomic mass is 9.97. The average molecular weight is 866 g/mol. The predicted octanol–water partition coefficient (Wildman–Crippen LogP) is 14.6. The first-order chi connectivity index (χ1) is 33.6. The van der Waals surface area contributed by atoms with Crippen molar-refractivity contribution in [2.45, 2.75) is 0 Å². The average Bonchev–Trinajstić information content (AvgIpc) is 3.93. The van der Waals surface area contributed by atoms with Crippen molar-refractivity contribution in [3.05, 3.63) is 229 Å². The molecule has 9 aromatic carbocycles. The number of aromatic nitrogens is 4. The zero-order chi connectivity index (χ0) is 45.7. The third-order valence-electron chi connectivity index (χ3n) is 12.8. The van der Waals surface area contributed by atoms with Crippen LogP contribution in [0.4, 0.5) is 0 Å².